The summed E-state index contributed by atoms with van der Waals surface area (Å²) in [6, 6.07) is 5.13. The molecule has 3 N–H and O–H groups in total. The van der Waals surface area contributed by atoms with Gasteiger partial charge in [0.15, 0.2) is 0 Å². The average Bonchev–Trinajstić information content (AvgIpc) is 3.56. The Kier molecular flexibility index (Phi) is 8.00. The highest BCUT2D eigenvalue weighted by atomic mass is 19.1. The van der Waals surface area contributed by atoms with E-state index >= 15 is 0 Å². The predicted octanol–water partition coefficient (Wildman–Crippen LogP) is 4.15. The Labute approximate surface area is 174 Å². The lowest BCUT2D eigenvalue weighted by Gasteiger charge is -2.18. The Morgan fingerprint density at radius 2 is 2.07 bits per heavy atom. The van der Waals surface area contributed by atoms with Gasteiger partial charge in [0.2, 0.25) is 5.91 Å². The third-order valence-electron chi connectivity index (χ3n) is 4.28. The number of hydrogen-bond donors (Lipinski definition) is 3. The fraction of sp³-hybridized carbons (Fsp3) is 0.174. The summed E-state index contributed by atoms with van der Waals surface area (Å²) in [5.74, 6) is -2.01. The third-order valence-corrected chi connectivity index (χ3v) is 4.28. The molecule has 1 aliphatic rings. The van der Waals surface area contributed by atoms with E-state index < -0.39 is 23.7 Å². The smallest absolute Gasteiger partial charge is 0.245 e. The molecule has 0 radical (unpaired) electrons. The SMILES string of the molecule is C=C/C=C(/C#N)C=CNC(/C=C(\C(=N)C1CC1)c1ccc(F)cc1F)NC(=O)C=C. The molecule has 5 nitrogen and oxygen atoms in total. The van der Waals surface area contributed by atoms with E-state index in [0.29, 0.717) is 5.57 Å². The van der Waals surface area contributed by atoms with Crippen molar-refractivity contribution in [3.8, 4) is 6.07 Å². The van der Waals surface area contributed by atoms with Gasteiger partial charge in [0.25, 0.3) is 0 Å². The molecule has 1 aromatic carbocycles. The van der Waals surface area contributed by atoms with Crippen LogP contribution in [0, 0.1) is 34.3 Å². The molecule has 0 saturated heterocycles. The van der Waals surface area contributed by atoms with Crippen LogP contribution in [0.1, 0.15) is 18.4 Å². The van der Waals surface area contributed by atoms with Gasteiger partial charge in [-0.15, -0.1) is 0 Å². The lowest BCUT2D eigenvalue weighted by molar-refractivity contribution is -0.117. The molecule has 154 valence electrons. The summed E-state index contributed by atoms with van der Waals surface area (Å²) in [6.45, 7) is 6.93. The molecule has 1 aliphatic carbocycles. The number of halogens is 2. The van der Waals surface area contributed by atoms with Crippen LogP contribution >= 0.6 is 0 Å². The Morgan fingerprint density at radius 3 is 2.63 bits per heavy atom. The van der Waals surface area contributed by atoms with Crippen molar-refractivity contribution in [2.75, 3.05) is 0 Å². The van der Waals surface area contributed by atoms with Gasteiger partial charge in [-0.3, -0.25) is 4.79 Å². The van der Waals surface area contributed by atoms with Gasteiger partial charge in [0.05, 0.1) is 11.6 Å². The molecule has 0 bridgehead atoms. The second-order valence-electron chi connectivity index (χ2n) is 6.55. The van der Waals surface area contributed by atoms with Gasteiger partial charge in [0, 0.05) is 28.8 Å². The number of carbonyl (C=O) groups excluding carboxylic acids is 1. The van der Waals surface area contributed by atoms with Crippen molar-refractivity contribution in [3.05, 3.63) is 90.7 Å². The molecule has 0 spiro atoms. The maximum absolute atomic E-state index is 14.4. The molecule has 1 unspecified atom stereocenters. The second kappa shape index (κ2) is 10.7. The van der Waals surface area contributed by atoms with Crippen molar-refractivity contribution < 1.29 is 13.6 Å². The van der Waals surface area contributed by atoms with E-state index in [-0.39, 0.29) is 22.8 Å². The molecule has 1 atom stereocenters. The van der Waals surface area contributed by atoms with Gasteiger partial charge in [-0.2, -0.15) is 5.26 Å². The highest BCUT2D eigenvalue weighted by molar-refractivity contribution is 6.24. The van der Waals surface area contributed by atoms with E-state index in [2.05, 4.69) is 23.8 Å². The summed E-state index contributed by atoms with van der Waals surface area (Å²) in [5.41, 5.74) is 0.868. The van der Waals surface area contributed by atoms with Crippen LogP contribution in [-0.4, -0.2) is 17.8 Å². The van der Waals surface area contributed by atoms with Gasteiger partial charge < -0.3 is 16.0 Å². The van der Waals surface area contributed by atoms with Crippen LogP contribution in [0.25, 0.3) is 5.57 Å². The quantitative estimate of drug-likeness (QED) is 0.179. The molecule has 1 fully saturated rings. The van der Waals surface area contributed by atoms with Gasteiger partial charge >= 0.3 is 0 Å². The maximum Gasteiger partial charge on any atom is 0.245 e. The lowest BCUT2D eigenvalue weighted by atomic mass is 9.96. The average molecular weight is 408 g/mol. The number of carbonyl (C=O) groups is 1. The first kappa shape index (κ1) is 22.5. The predicted molar refractivity (Wildman–Crippen MR) is 113 cm³/mol. The first-order chi connectivity index (χ1) is 14.4. The van der Waals surface area contributed by atoms with E-state index in [0.717, 1.165) is 31.1 Å². The summed E-state index contributed by atoms with van der Waals surface area (Å²) in [4.78, 5) is 11.8. The lowest BCUT2D eigenvalue weighted by Crippen LogP contribution is -2.41. The third kappa shape index (κ3) is 6.38. The molecule has 1 saturated carbocycles. The minimum Gasteiger partial charge on any atom is -0.368 e. The Morgan fingerprint density at radius 1 is 1.33 bits per heavy atom. The summed E-state index contributed by atoms with van der Waals surface area (Å²) < 4.78 is 27.8. The Hall–Kier alpha value is -3.79. The van der Waals surface area contributed by atoms with Gasteiger partial charge in [-0.25, -0.2) is 8.78 Å². The molecular formula is C23H22F2N4O. The molecule has 30 heavy (non-hydrogen) atoms. The van der Waals surface area contributed by atoms with Crippen LogP contribution in [0.3, 0.4) is 0 Å². The highest BCUT2D eigenvalue weighted by Crippen LogP contribution is 2.36. The Balaban J connectivity index is 2.41. The molecule has 0 aromatic heterocycles. The van der Waals surface area contributed by atoms with Crippen LogP contribution < -0.4 is 10.6 Å². The minimum atomic E-state index is -0.839. The highest BCUT2D eigenvalue weighted by Gasteiger charge is 2.30. The second-order valence-corrected chi connectivity index (χ2v) is 6.55. The number of nitrogens with one attached hydrogen (secondary N) is 3. The fourth-order valence-electron chi connectivity index (χ4n) is 2.63. The van der Waals surface area contributed by atoms with Gasteiger partial charge in [-0.1, -0.05) is 19.2 Å². The zero-order valence-corrected chi connectivity index (χ0v) is 16.3. The molecular weight excluding hydrogens is 386 g/mol. The normalized spacial score (nSPS) is 15.2. The maximum atomic E-state index is 14.4. The van der Waals surface area contributed by atoms with E-state index in [4.69, 9.17) is 10.7 Å². The Bertz CT molecular complexity index is 981. The zero-order chi connectivity index (χ0) is 22.1. The van der Waals surface area contributed by atoms with Crippen LogP contribution in [0.2, 0.25) is 0 Å². The fourth-order valence-corrected chi connectivity index (χ4v) is 2.63. The van der Waals surface area contributed by atoms with E-state index in [1.807, 2.05) is 6.07 Å². The number of nitrogens with zero attached hydrogens (tertiary/aromatic N) is 1. The topological polar surface area (TPSA) is 88.8 Å². The van der Waals surface area contributed by atoms with Crippen molar-refractivity contribution >= 4 is 17.2 Å². The van der Waals surface area contributed by atoms with Crippen molar-refractivity contribution in [2.24, 2.45) is 5.92 Å². The van der Waals surface area contributed by atoms with Crippen molar-refractivity contribution in [1.82, 2.24) is 10.6 Å². The molecule has 7 heteroatoms. The number of amides is 1. The van der Waals surface area contributed by atoms with Crippen LogP contribution in [-0.2, 0) is 4.79 Å². The number of benzene rings is 1. The van der Waals surface area contributed by atoms with Gasteiger partial charge in [0.1, 0.15) is 17.8 Å². The molecule has 2 rings (SSSR count). The first-order valence-corrected chi connectivity index (χ1v) is 9.24. The van der Waals surface area contributed by atoms with Crippen molar-refractivity contribution in [1.29, 1.82) is 10.7 Å². The summed E-state index contributed by atoms with van der Waals surface area (Å²) in [7, 11) is 0. The summed E-state index contributed by atoms with van der Waals surface area (Å²) in [5, 5.41) is 23.0. The molecule has 1 amide bonds. The minimum absolute atomic E-state index is 0.00674. The number of hydrogen-bond acceptors (Lipinski definition) is 4. The van der Waals surface area contributed by atoms with E-state index in [9.17, 15) is 13.6 Å². The van der Waals surface area contributed by atoms with Crippen molar-refractivity contribution in [2.45, 2.75) is 19.0 Å². The number of rotatable bonds is 10. The largest absolute Gasteiger partial charge is 0.368 e. The van der Waals surface area contributed by atoms with Gasteiger partial charge in [-0.05, 0) is 55.5 Å². The van der Waals surface area contributed by atoms with Crippen LogP contribution in [0.5, 0.6) is 0 Å². The molecule has 0 aliphatic heterocycles. The zero-order valence-electron chi connectivity index (χ0n) is 16.3. The van der Waals surface area contributed by atoms with E-state index in [1.54, 1.807) is 0 Å². The number of allylic oxidation sites excluding steroid dienone is 5. The van der Waals surface area contributed by atoms with Crippen LogP contribution in [0.15, 0.2) is 73.5 Å². The number of nitriles is 1. The molecule has 1 aromatic rings. The van der Waals surface area contributed by atoms with Crippen molar-refractivity contribution in [3.63, 3.8) is 0 Å². The van der Waals surface area contributed by atoms with Crippen LogP contribution in [0.4, 0.5) is 8.78 Å². The standard InChI is InChI=1S/C23H22F2N4O/c1-3-5-15(14-26)10-11-28-21(29-22(30)4-2)13-19(23(27)16-6-7-16)18-9-8-17(24)12-20(18)25/h3-5,8-13,16,21,27-28H,1-2,6-7H2,(H,29,30)/b11-10?,15-5+,19-13-,27-23?. The summed E-state index contributed by atoms with van der Waals surface area (Å²) >= 11 is 0. The van der Waals surface area contributed by atoms with E-state index in [1.165, 1.54) is 36.6 Å². The summed E-state index contributed by atoms with van der Waals surface area (Å²) in [6.07, 6.45) is 9.26. The molecule has 0 heterocycles. The monoisotopic (exact) mass is 408 g/mol. The first-order valence-electron chi connectivity index (χ1n) is 9.24.